The number of amides is 1. The SMILES string of the molecule is Cc1cc(S(=O)(=O)NCc2ccccc2)ccc1OCC(=O)NCc1ccc(Cl)cc1Cl. The number of aryl methyl sites for hydroxylation is 1. The van der Waals surface area contributed by atoms with Gasteiger partial charge in [0.05, 0.1) is 4.90 Å². The van der Waals surface area contributed by atoms with Gasteiger partial charge in [-0.25, -0.2) is 13.1 Å². The quantitative estimate of drug-likeness (QED) is 0.461. The van der Waals surface area contributed by atoms with Gasteiger partial charge in [-0.2, -0.15) is 0 Å². The Kier molecular flexibility index (Phi) is 8.15. The molecule has 0 bridgehead atoms. The Hall–Kier alpha value is -2.58. The van der Waals surface area contributed by atoms with Gasteiger partial charge in [-0.3, -0.25) is 4.79 Å². The first-order valence-electron chi connectivity index (χ1n) is 9.72. The van der Waals surface area contributed by atoms with Crippen molar-refractivity contribution < 1.29 is 17.9 Å². The lowest BCUT2D eigenvalue weighted by Gasteiger charge is -2.12. The molecule has 0 saturated carbocycles. The van der Waals surface area contributed by atoms with E-state index in [1.807, 2.05) is 30.3 Å². The molecule has 32 heavy (non-hydrogen) atoms. The van der Waals surface area contributed by atoms with Gasteiger partial charge < -0.3 is 10.1 Å². The number of ether oxygens (including phenoxy) is 1. The number of nitrogens with one attached hydrogen (secondary N) is 2. The van der Waals surface area contributed by atoms with Gasteiger partial charge in [-0.1, -0.05) is 59.6 Å². The van der Waals surface area contributed by atoms with E-state index in [0.717, 1.165) is 11.1 Å². The number of hydrogen-bond donors (Lipinski definition) is 2. The zero-order valence-corrected chi connectivity index (χ0v) is 19.6. The maximum Gasteiger partial charge on any atom is 0.258 e. The van der Waals surface area contributed by atoms with Crippen LogP contribution in [0.4, 0.5) is 0 Å². The van der Waals surface area contributed by atoms with Crippen LogP contribution in [0.5, 0.6) is 5.75 Å². The van der Waals surface area contributed by atoms with Gasteiger partial charge in [0.1, 0.15) is 5.75 Å². The van der Waals surface area contributed by atoms with Crippen LogP contribution >= 0.6 is 23.2 Å². The number of carbonyl (C=O) groups is 1. The highest BCUT2D eigenvalue weighted by Crippen LogP contribution is 2.23. The zero-order chi connectivity index (χ0) is 23.1. The highest BCUT2D eigenvalue weighted by atomic mass is 35.5. The van der Waals surface area contributed by atoms with E-state index >= 15 is 0 Å². The van der Waals surface area contributed by atoms with Gasteiger partial charge in [0.2, 0.25) is 10.0 Å². The van der Waals surface area contributed by atoms with Crippen molar-refractivity contribution in [2.45, 2.75) is 24.9 Å². The molecule has 0 atom stereocenters. The largest absolute Gasteiger partial charge is 0.484 e. The van der Waals surface area contributed by atoms with Crippen molar-refractivity contribution >= 4 is 39.1 Å². The molecule has 0 heterocycles. The molecule has 2 N–H and O–H groups in total. The molecule has 0 unspecified atom stereocenters. The highest BCUT2D eigenvalue weighted by molar-refractivity contribution is 7.89. The highest BCUT2D eigenvalue weighted by Gasteiger charge is 2.16. The Morgan fingerprint density at radius 3 is 2.41 bits per heavy atom. The van der Waals surface area contributed by atoms with Gasteiger partial charge in [0, 0.05) is 23.1 Å². The third kappa shape index (κ3) is 6.71. The maximum atomic E-state index is 12.6. The van der Waals surface area contributed by atoms with E-state index in [1.54, 1.807) is 25.1 Å². The molecule has 6 nitrogen and oxygen atoms in total. The molecule has 0 aromatic heterocycles. The molecule has 1 amide bonds. The van der Waals surface area contributed by atoms with E-state index in [4.69, 9.17) is 27.9 Å². The third-order valence-corrected chi connectivity index (χ3v) is 6.60. The van der Waals surface area contributed by atoms with Crippen LogP contribution in [-0.4, -0.2) is 20.9 Å². The summed E-state index contributed by atoms with van der Waals surface area (Å²) in [6.07, 6.45) is 0. The number of rotatable bonds is 9. The molecule has 9 heteroatoms. The first kappa shape index (κ1) is 24.1. The predicted molar refractivity (Wildman–Crippen MR) is 125 cm³/mol. The average Bonchev–Trinajstić information content (AvgIpc) is 2.77. The maximum absolute atomic E-state index is 12.6. The summed E-state index contributed by atoms with van der Waals surface area (Å²) in [5.41, 5.74) is 2.19. The third-order valence-electron chi connectivity index (χ3n) is 4.62. The van der Waals surface area contributed by atoms with Crippen LogP contribution in [0.1, 0.15) is 16.7 Å². The smallest absolute Gasteiger partial charge is 0.258 e. The number of halogens is 2. The molecule has 0 aliphatic rings. The van der Waals surface area contributed by atoms with Gasteiger partial charge in [0.15, 0.2) is 6.61 Å². The molecule has 0 saturated heterocycles. The Balaban J connectivity index is 1.54. The van der Waals surface area contributed by atoms with E-state index in [2.05, 4.69) is 10.0 Å². The van der Waals surface area contributed by atoms with Crippen LogP contribution < -0.4 is 14.8 Å². The Bertz CT molecular complexity index is 1200. The number of sulfonamides is 1. The molecule has 3 aromatic rings. The summed E-state index contributed by atoms with van der Waals surface area (Å²) >= 11 is 12.0. The van der Waals surface area contributed by atoms with E-state index in [-0.39, 0.29) is 30.5 Å². The summed E-state index contributed by atoms with van der Waals surface area (Å²) in [6, 6.07) is 18.8. The van der Waals surface area contributed by atoms with Crippen LogP contribution in [0.3, 0.4) is 0 Å². The molecule has 0 radical (unpaired) electrons. The zero-order valence-electron chi connectivity index (χ0n) is 17.3. The number of benzene rings is 3. The Morgan fingerprint density at radius 1 is 0.969 bits per heavy atom. The molecule has 0 fully saturated rings. The topological polar surface area (TPSA) is 84.5 Å². The Labute approximate surface area is 197 Å². The first-order valence-corrected chi connectivity index (χ1v) is 12.0. The molecule has 0 spiro atoms. The van der Waals surface area contributed by atoms with Crippen molar-refractivity contribution in [2.24, 2.45) is 0 Å². The van der Waals surface area contributed by atoms with Crippen LogP contribution in [0, 0.1) is 6.92 Å². The summed E-state index contributed by atoms with van der Waals surface area (Å²) in [5.74, 6) is 0.0864. The minimum atomic E-state index is -3.68. The van der Waals surface area contributed by atoms with Gasteiger partial charge >= 0.3 is 0 Å². The molecule has 0 aliphatic heterocycles. The fourth-order valence-electron chi connectivity index (χ4n) is 2.86. The van der Waals surface area contributed by atoms with E-state index in [0.29, 0.717) is 21.4 Å². The number of hydrogen-bond acceptors (Lipinski definition) is 4. The molecular weight excluding hydrogens is 471 g/mol. The van der Waals surface area contributed by atoms with Crippen molar-refractivity contribution in [3.8, 4) is 5.75 Å². The molecular formula is C23H22Cl2N2O4S. The first-order chi connectivity index (χ1) is 15.2. The lowest BCUT2D eigenvalue weighted by atomic mass is 10.2. The van der Waals surface area contributed by atoms with Gasteiger partial charge in [-0.05, 0) is 53.9 Å². The number of carbonyl (C=O) groups excluding carboxylic acids is 1. The second-order valence-electron chi connectivity index (χ2n) is 7.04. The minimum Gasteiger partial charge on any atom is -0.484 e. The van der Waals surface area contributed by atoms with Crippen LogP contribution in [0.25, 0.3) is 0 Å². The summed E-state index contributed by atoms with van der Waals surface area (Å²) in [4.78, 5) is 12.2. The molecule has 3 rings (SSSR count). The fourth-order valence-corrected chi connectivity index (χ4v) is 4.44. The fraction of sp³-hybridized carbons (Fsp3) is 0.174. The van der Waals surface area contributed by atoms with E-state index in [9.17, 15) is 13.2 Å². The molecule has 168 valence electrons. The normalized spacial score (nSPS) is 11.2. The monoisotopic (exact) mass is 492 g/mol. The van der Waals surface area contributed by atoms with E-state index < -0.39 is 10.0 Å². The van der Waals surface area contributed by atoms with Crippen LogP contribution in [0.2, 0.25) is 10.0 Å². The lowest BCUT2D eigenvalue weighted by molar-refractivity contribution is -0.123. The van der Waals surface area contributed by atoms with Crippen molar-refractivity contribution in [3.63, 3.8) is 0 Å². The lowest BCUT2D eigenvalue weighted by Crippen LogP contribution is -2.28. The second kappa shape index (κ2) is 10.8. The van der Waals surface area contributed by atoms with Gasteiger partial charge in [-0.15, -0.1) is 0 Å². The summed E-state index contributed by atoms with van der Waals surface area (Å²) in [6.45, 7) is 1.93. The minimum absolute atomic E-state index is 0.125. The van der Waals surface area contributed by atoms with Crippen molar-refractivity contribution in [2.75, 3.05) is 6.61 Å². The van der Waals surface area contributed by atoms with Crippen molar-refractivity contribution in [3.05, 3.63) is 93.5 Å². The van der Waals surface area contributed by atoms with Crippen LogP contribution in [-0.2, 0) is 27.9 Å². The van der Waals surface area contributed by atoms with E-state index in [1.165, 1.54) is 18.2 Å². The Morgan fingerprint density at radius 2 is 1.72 bits per heavy atom. The standard InChI is InChI=1S/C23H22Cl2N2O4S/c1-16-11-20(32(29,30)27-13-17-5-3-2-4-6-17)9-10-22(16)31-15-23(28)26-14-18-7-8-19(24)12-21(18)25/h2-12,27H,13-15H2,1H3,(H,26,28). The van der Waals surface area contributed by atoms with Gasteiger partial charge in [0.25, 0.3) is 5.91 Å². The summed E-state index contributed by atoms with van der Waals surface area (Å²) < 4.78 is 33.3. The van der Waals surface area contributed by atoms with Crippen molar-refractivity contribution in [1.82, 2.24) is 10.0 Å². The molecule has 3 aromatic carbocycles. The predicted octanol–water partition coefficient (Wildman–Crippen LogP) is 4.48. The van der Waals surface area contributed by atoms with Crippen molar-refractivity contribution in [1.29, 1.82) is 0 Å². The summed E-state index contributed by atoms with van der Waals surface area (Å²) in [5, 5.41) is 3.70. The van der Waals surface area contributed by atoms with Crippen LogP contribution in [0.15, 0.2) is 71.6 Å². The molecule has 0 aliphatic carbocycles. The second-order valence-corrected chi connectivity index (χ2v) is 9.65. The summed E-state index contributed by atoms with van der Waals surface area (Å²) in [7, 11) is -3.68. The average molecular weight is 493 g/mol.